The highest BCUT2D eigenvalue weighted by molar-refractivity contribution is 7.17. The van der Waals surface area contributed by atoms with E-state index in [0.717, 1.165) is 0 Å². The molecule has 6 nitrogen and oxygen atoms in total. The number of thiazole rings is 1. The van der Waals surface area contributed by atoms with Crippen molar-refractivity contribution in [2.45, 2.75) is 26.2 Å². The number of carboxylic acid groups (broad SMARTS) is 1. The Morgan fingerprint density at radius 1 is 1.24 bits per heavy atom. The second kappa shape index (κ2) is 7.72. The number of anilines is 1. The van der Waals surface area contributed by atoms with Gasteiger partial charge in [-0.3, -0.25) is 0 Å². The summed E-state index contributed by atoms with van der Waals surface area (Å²) in [6.45, 7) is 8.30. The maximum Gasteiger partial charge on any atom is 0.347 e. The van der Waals surface area contributed by atoms with Gasteiger partial charge in [0.2, 0.25) is 0 Å². The number of carbonyl (C=O) groups is 1. The molecule has 0 aliphatic heterocycles. The van der Waals surface area contributed by atoms with Crippen molar-refractivity contribution in [3.05, 3.63) is 10.6 Å². The molecule has 0 spiro atoms. The van der Waals surface area contributed by atoms with Gasteiger partial charge in [-0.1, -0.05) is 32.1 Å². The summed E-state index contributed by atoms with van der Waals surface area (Å²) >= 11 is 1.21. The number of hydrogen-bond donors (Lipinski definition) is 1. The summed E-state index contributed by atoms with van der Waals surface area (Å²) in [5.41, 5.74) is 0.311. The average Bonchev–Trinajstić information content (AvgIpc) is 2.84. The van der Waals surface area contributed by atoms with Crippen LogP contribution in [0.5, 0.6) is 0 Å². The number of methoxy groups -OCH3 is 2. The van der Waals surface area contributed by atoms with Crippen LogP contribution in [-0.4, -0.2) is 56.6 Å². The normalized spacial score (nSPS) is 11.7. The van der Waals surface area contributed by atoms with Gasteiger partial charge in [0.25, 0.3) is 0 Å². The van der Waals surface area contributed by atoms with E-state index in [1.54, 1.807) is 14.2 Å². The third kappa shape index (κ3) is 4.94. The monoisotopic (exact) mass is 316 g/mol. The smallest absolute Gasteiger partial charge is 0.347 e. The van der Waals surface area contributed by atoms with Crippen molar-refractivity contribution in [1.82, 2.24) is 4.98 Å². The maximum atomic E-state index is 11.4. The lowest BCUT2D eigenvalue weighted by Gasteiger charge is -2.21. The number of rotatable bonds is 8. The van der Waals surface area contributed by atoms with Crippen LogP contribution in [0.4, 0.5) is 5.13 Å². The van der Waals surface area contributed by atoms with Crippen LogP contribution in [0.3, 0.4) is 0 Å². The SMILES string of the molecule is COCCN(CCOC)c1nc(C(C)(C)C)c(C(=O)O)s1. The minimum absolute atomic E-state index is 0.303. The van der Waals surface area contributed by atoms with Crippen LogP contribution in [0.1, 0.15) is 36.1 Å². The van der Waals surface area contributed by atoms with Gasteiger partial charge in [-0.2, -0.15) is 0 Å². The summed E-state index contributed by atoms with van der Waals surface area (Å²) in [6, 6.07) is 0. The van der Waals surface area contributed by atoms with E-state index < -0.39 is 5.97 Å². The van der Waals surface area contributed by atoms with E-state index in [1.807, 2.05) is 25.7 Å². The first kappa shape index (κ1) is 17.9. The van der Waals surface area contributed by atoms with Gasteiger partial charge in [0, 0.05) is 32.7 Å². The molecule has 1 rings (SSSR count). The molecule has 0 saturated heterocycles. The molecular weight excluding hydrogens is 292 g/mol. The number of ether oxygens (including phenoxy) is 2. The fourth-order valence-corrected chi connectivity index (χ4v) is 2.97. The van der Waals surface area contributed by atoms with E-state index in [1.165, 1.54) is 11.3 Å². The van der Waals surface area contributed by atoms with Crippen LogP contribution in [0.15, 0.2) is 0 Å². The number of aromatic nitrogens is 1. The lowest BCUT2D eigenvalue weighted by atomic mass is 9.91. The van der Waals surface area contributed by atoms with Crippen molar-refractivity contribution < 1.29 is 19.4 Å². The molecule has 0 unspecified atom stereocenters. The summed E-state index contributed by atoms with van der Waals surface area (Å²) in [4.78, 5) is 18.3. The minimum atomic E-state index is -0.929. The molecule has 0 atom stereocenters. The van der Waals surface area contributed by atoms with E-state index in [2.05, 4.69) is 4.98 Å². The van der Waals surface area contributed by atoms with Crippen LogP contribution < -0.4 is 4.90 Å². The Bertz CT molecular complexity index is 460. The Labute approximate surface area is 129 Å². The summed E-state index contributed by atoms with van der Waals surface area (Å²) in [6.07, 6.45) is 0. The van der Waals surface area contributed by atoms with Crippen LogP contribution >= 0.6 is 11.3 Å². The number of hydrogen-bond acceptors (Lipinski definition) is 6. The first-order chi connectivity index (χ1) is 9.81. The quantitative estimate of drug-likeness (QED) is 0.793. The summed E-state index contributed by atoms with van der Waals surface area (Å²) in [7, 11) is 3.28. The summed E-state index contributed by atoms with van der Waals surface area (Å²) in [5, 5.41) is 10.1. The molecule has 0 saturated carbocycles. The van der Waals surface area contributed by atoms with Crippen molar-refractivity contribution in [3.63, 3.8) is 0 Å². The van der Waals surface area contributed by atoms with Gasteiger partial charge >= 0.3 is 5.97 Å². The van der Waals surface area contributed by atoms with Gasteiger partial charge < -0.3 is 19.5 Å². The Hall–Kier alpha value is -1.18. The van der Waals surface area contributed by atoms with Gasteiger partial charge in [-0.15, -0.1) is 0 Å². The fraction of sp³-hybridized carbons (Fsp3) is 0.714. The van der Waals surface area contributed by atoms with Crippen molar-refractivity contribution >= 4 is 22.4 Å². The standard InChI is InChI=1S/C14H24N2O4S/c1-14(2,3)11-10(12(17)18)21-13(15-11)16(6-8-19-4)7-9-20-5/h6-9H2,1-5H3,(H,17,18). The van der Waals surface area contributed by atoms with Crippen molar-refractivity contribution in [3.8, 4) is 0 Å². The van der Waals surface area contributed by atoms with Crippen LogP contribution in [0.2, 0.25) is 0 Å². The average molecular weight is 316 g/mol. The van der Waals surface area contributed by atoms with E-state index in [4.69, 9.17) is 9.47 Å². The molecule has 0 radical (unpaired) electrons. The fourth-order valence-electron chi connectivity index (χ4n) is 1.80. The Kier molecular flexibility index (Phi) is 6.57. The van der Waals surface area contributed by atoms with E-state index >= 15 is 0 Å². The van der Waals surface area contributed by atoms with Gasteiger partial charge in [-0.25, -0.2) is 9.78 Å². The molecule has 7 heteroatoms. The lowest BCUT2D eigenvalue weighted by molar-refractivity contribution is 0.0699. The highest BCUT2D eigenvalue weighted by atomic mass is 32.1. The van der Waals surface area contributed by atoms with Crippen LogP contribution in [-0.2, 0) is 14.9 Å². The van der Waals surface area contributed by atoms with Gasteiger partial charge in [0.15, 0.2) is 5.13 Å². The Morgan fingerprint density at radius 2 is 1.76 bits per heavy atom. The van der Waals surface area contributed by atoms with Crippen molar-refractivity contribution in [1.29, 1.82) is 0 Å². The molecule has 120 valence electrons. The van der Waals surface area contributed by atoms with Crippen LogP contribution in [0, 0.1) is 0 Å². The topological polar surface area (TPSA) is 71.9 Å². The predicted octanol–water partition coefficient (Wildman–Crippen LogP) is 2.24. The second-order valence-electron chi connectivity index (χ2n) is 5.70. The number of carboxylic acids is 1. The minimum Gasteiger partial charge on any atom is -0.477 e. The Balaban J connectivity index is 3.10. The maximum absolute atomic E-state index is 11.4. The molecule has 0 aromatic carbocycles. The zero-order valence-corrected chi connectivity index (χ0v) is 14.1. The summed E-state index contributed by atoms with van der Waals surface area (Å²) < 4.78 is 10.2. The van der Waals surface area contributed by atoms with Crippen molar-refractivity contribution in [2.75, 3.05) is 45.4 Å². The third-order valence-corrected chi connectivity index (χ3v) is 4.03. The predicted molar refractivity (Wildman–Crippen MR) is 83.7 cm³/mol. The first-order valence-corrected chi connectivity index (χ1v) is 7.60. The summed E-state index contributed by atoms with van der Waals surface area (Å²) in [5.74, 6) is -0.929. The molecule has 1 aromatic rings. The molecule has 0 aliphatic carbocycles. The highest BCUT2D eigenvalue weighted by Crippen LogP contribution is 2.33. The zero-order valence-electron chi connectivity index (χ0n) is 13.3. The Morgan fingerprint density at radius 3 is 2.10 bits per heavy atom. The van der Waals surface area contributed by atoms with Crippen LogP contribution in [0.25, 0.3) is 0 Å². The largest absolute Gasteiger partial charge is 0.477 e. The highest BCUT2D eigenvalue weighted by Gasteiger charge is 2.28. The van der Waals surface area contributed by atoms with Gasteiger partial charge in [-0.05, 0) is 0 Å². The molecule has 0 fully saturated rings. The van der Waals surface area contributed by atoms with Crippen molar-refractivity contribution in [2.24, 2.45) is 0 Å². The van der Waals surface area contributed by atoms with E-state index in [9.17, 15) is 9.90 Å². The molecule has 21 heavy (non-hydrogen) atoms. The van der Waals surface area contributed by atoms with Gasteiger partial charge in [0.05, 0.1) is 18.9 Å². The number of nitrogens with zero attached hydrogens (tertiary/aromatic N) is 2. The molecule has 0 aliphatic rings. The first-order valence-electron chi connectivity index (χ1n) is 6.78. The molecule has 1 aromatic heterocycles. The molecular formula is C14H24N2O4S. The molecule has 0 amide bonds. The van der Waals surface area contributed by atoms with E-state index in [-0.39, 0.29) is 5.41 Å². The second-order valence-corrected chi connectivity index (χ2v) is 6.68. The zero-order chi connectivity index (χ0) is 16.0. The molecule has 1 N–H and O–H groups in total. The molecule has 1 heterocycles. The molecule has 0 bridgehead atoms. The van der Waals surface area contributed by atoms with E-state index in [0.29, 0.717) is 42.0 Å². The third-order valence-electron chi connectivity index (χ3n) is 2.92. The van der Waals surface area contributed by atoms with Gasteiger partial charge in [0.1, 0.15) is 4.88 Å². The lowest BCUT2D eigenvalue weighted by Crippen LogP contribution is -2.30. The number of aromatic carboxylic acids is 1.